The molecule has 9 heteroatoms. The molecule has 2 aromatic carbocycles. The first-order valence-corrected chi connectivity index (χ1v) is 10.9. The van der Waals surface area contributed by atoms with Crippen molar-refractivity contribution in [3.8, 4) is 11.5 Å². The highest BCUT2D eigenvalue weighted by molar-refractivity contribution is 9.10. The van der Waals surface area contributed by atoms with Gasteiger partial charge in [0, 0.05) is 10.9 Å². The lowest BCUT2D eigenvalue weighted by atomic mass is 10.2. The SMILES string of the molecule is CCOc1cc(C=Nn2c(CC)nc3ccc(Br)cc3c2=O)ccc1O[C@H](C)C(=O)OC. The van der Waals surface area contributed by atoms with Crippen molar-refractivity contribution in [2.45, 2.75) is 33.3 Å². The lowest BCUT2D eigenvalue weighted by Crippen LogP contribution is -2.25. The summed E-state index contributed by atoms with van der Waals surface area (Å²) in [5.74, 6) is 0.930. The Morgan fingerprint density at radius 2 is 2.00 bits per heavy atom. The van der Waals surface area contributed by atoms with Crippen molar-refractivity contribution in [1.29, 1.82) is 0 Å². The van der Waals surface area contributed by atoms with Crippen molar-refractivity contribution < 1.29 is 19.0 Å². The average Bonchev–Trinajstić information content (AvgIpc) is 2.79. The molecule has 0 bridgehead atoms. The van der Waals surface area contributed by atoms with Crippen molar-refractivity contribution in [3.05, 3.63) is 62.6 Å². The Hall–Kier alpha value is -3.20. The quantitative estimate of drug-likeness (QED) is 0.342. The predicted octanol–water partition coefficient (Wildman–Crippen LogP) is 3.94. The van der Waals surface area contributed by atoms with E-state index in [4.69, 9.17) is 14.2 Å². The van der Waals surface area contributed by atoms with Gasteiger partial charge in [-0.3, -0.25) is 4.79 Å². The van der Waals surface area contributed by atoms with E-state index in [0.29, 0.717) is 46.8 Å². The number of hydrogen-bond acceptors (Lipinski definition) is 7. The van der Waals surface area contributed by atoms with Gasteiger partial charge in [-0.25, -0.2) is 9.78 Å². The Labute approximate surface area is 194 Å². The largest absolute Gasteiger partial charge is 0.490 e. The molecular formula is C23H24BrN3O5. The molecule has 1 atom stereocenters. The number of halogens is 1. The second kappa shape index (κ2) is 10.4. The van der Waals surface area contributed by atoms with E-state index < -0.39 is 12.1 Å². The summed E-state index contributed by atoms with van der Waals surface area (Å²) < 4.78 is 18.1. The maximum absolute atomic E-state index is 13.0. The van der Waals surface area contributed by atoms with E-state index in [1.54, 1.807) is 43.5 Å². The van der Waals surface area contributed by atoms with Crippen LogP contribution in [0.2, 0.25) is 0 Å². The minimum absolute atomic E-state index is 0.249. The summed E-state index contributed by atoms with van der Waals surface area (Å²) in [6.07, 6.45) is 1.32. The molecule has 0 aliphatic heterocycles. The van der Waals surface area contributed by atoms with Crippen molar-refractivity contribution in [2.24, 2.45) is 5.10 Å². The summed E-state index contributed by atoms with van der Waals surface area (Å²) in [5, 5.41) is 4.87. The van der Waals surface area contributed by atoms with Crippen LogP contribution in [0.25, 0.3) is 10.9 Å². The first-order valence-electron chi connectivity index (χ1n) is 10.1. The van der Waals surface area contributed by atoms with Gasteiger partial charge in [0.1, 0.15) is 5.82 Å². The second-order valence-electron chi connectivity index (χ2n) is 6.83. The Morgan fingerprint density at radius 3 is 2.69 bits per heavy atom. The number of aromatic nitrogens is 2. The smallest absolute Gasteiger partial charge is 0.346 e. The molecule has 8 nitrogen and oxygen atoms in total. The van der Waals surface area contributed by atoms with Gasteiger partial charge < -0.3 is 14.2 Å². The Bertz CT molecular complexity index is 1220. The van der Waals surface area contributed by atoms with E-state index in [-0.39, 0.29) is 5.56 Å². The summed E-state index contributed by atoms with van der Waals surface area (Å²) >= 11 is 3.39. The number of nitrogens with zero attached hydrogens (tertiary/aromatic N) is 3. The van der Waals surface area contributed by atoms with E-state index >= 15 is 0 Å². The summed E-state index contributed by atoms with van der Waals surface area (Å²) in [5.41, 5.74) is 1.07. The number of hydrogen-bond donors (Lipinski definition) is 0. The first-order chi connectivity index (χ1) is 15.4. The summed E-state index contributed by atoms with van der Waals surface area (Å²) in [6, 6.07) is 10.6. The van der Waals surface area contributed by atoms with Gasteiger partial charge in [0.15, 0.2) is 17.6 Å². The zero-order chi connectivity index (χ0) is 23.3. The molecule has 0 aliphatic carbocycles. The van der Waals surface area contributed by atoms with Crippen LogP contribution in [0.15, 0.2) is 50.8 Å². The molecule has 0 saturated heterocycles. The molecule has 0 saturated carbocycles. The Balaban J connectivity index is 1.97. The number of esters is 1. The number of aryl methyl sites for hydroxylation is 1. The first kappa shape index (κ1) is 23.5. The summed E-state index contributed by atoms with van der Waals surface area (Å²) in [7, 11) is 1.30. The van der Waals surface area contributed by atoms with Gasteiger partial charge in [0.05, 0.1) is 30.8 Å². The number of rotatable bonds is 8. The highest BCUT2D eigenvalue weighted by Gasteiger charge is 2.17. The van der Waals surface area contributed by atoms with E-state index in [1.165, 1.54) is 11.8 Å². The minimum Gasteiger partial charge on any atom is -0.490 e. The zero-order valence-corrected chi connectivity index (χ0v) is 19.9. The molecule has 32 heavy (non-hydrogen) atoms. The average molecular weight is 502 g/mol. The summed E-state index contributed by atoms with van der Waals surface area (Å²) in [4.78, 5) is 29.3. The van der Waals surface area contributed by atoms with E-state index in [0.717, 1.165) is 4.47 Å². The van der Waals surface area contributed by atoms with E-state index in [2.05, 4.69) is 26.0 Å². The minimum atomic E-state index is -0.785. The molecule has 3 aromatic rings. The Morgan fingerprint density at radius 1 is 1.22 bits per heavy atom. The van der Waals surface area contributed by atoms with Crippen LogP contribution in [0.3, 0.4) is 0 Å². The number of carbonyl (C=O) groups excluding carboxylic acids is 1. The van der Waals surface area contributed by atoms with Gasteiger partial charge in [0.2, 0.25) is 0 Å². The normalized spacial score (nSPS) is 12.2. The number of methoxy groups -OCH3 is 1. The third-order valence-corrected chi connectivity index (χ3v) is 5.11. The number of fused-ring (bicyclic) bond motifs is 1. The predicted molar refractivity (Wildman–Crippen MR) is 126 cm³/mol. The van der Waals surface area contributed by atoms with Gasteiger partial charge in [-0.2, -0.15) is 9.78 Å². The number of ether oxygens (including phenoxy) is 3. The third-order valence-electron chi connectivity index (χ3n) is 4.62. The third kappa shape index (κ3) is 5.16. The molecule has 3 rings (SSSR count). The fourth-order valence-corrected chi connectivity index (χ4v) is 3.40. The number of benzene rings is 2. The van der Waals surface area contributed by atoms with Crippen molar-refractivity contribution in [2.75, 3.05) is 13.7 Å². The summed E-state index contributed by atoms with van der Waals surface area (Å²) in [6.45, 7) is 5.77. The van der Waals surface area contributed by atoms with Crippen molar-refractivity contribution in [1.82, 2.24) is 9.66 Å². The van der Waals surface area contributed by atoms with Gasteiger partial charge in [-0.15, -0.1) is 0 Å². The van der Waals surface area contributed by atoms with Crippen molar-refractivity contribution in [3.63, 3.8) is 0 Å². The lowest BCUT2D eigenvalue weighted by molar-refractivity contribution is -0.147. The van der Waals surface area contributed by atoms with E-state index in [9.17, 15) is 9.59 Å². The molecule has 0 spiro atoms. The molecule has 1 aromatic heterocycles. The molecule has 0 fully saturated rings. The fourth-order valence-electron chi connectivity index (χ4n) is 3.04. The van der Waals surface area contributed by atoms with Crippen LogP contribution in [0.1, 0.15) is 32.2 Å². The Kier molecular flexibility index (Phi) is 7.63. The monoisotopic (exact) mass is 501 g/mol. The van der Waals surface area contributed by atoms with Crippen LogP contribution in [-0.2, 0) is 16.0 Å². The van der Waals surface area contributed by atoms with Crippen LogP contribution >= 0.6 is 15.9 Å². The lowest BCUT2D eigenvalue weighted by Gasteiger charge is -2.16. The zero-order valence-electron chi connectivity index (χ0n) is 18.3. The standard InChI is InChI=1S/C23H24BrN3O5/c1-5-21-26-18-9-8-16(24)12-17(18)22(28)27(21)25-13-15-7-10-19(20(11-15)31-6-2)32-14(3)23(29)30-4/h7-14H,5-6H2,1-4H3/t14-/m1/s1. The van der Waals surface area contributed by atoms with Crippen LogP contribution in [0.5, 0.6) is 11.5 Å². The number of carbonyl (C=O) groups is 1. The highest BCUT2D eigenvalue weighted by atomic mass is 79.9. The molecule has 0 radical (unpaired) electrons. The molecule has 168 valence electrons. The molecule has 1 heterocycles. The van der Waals surface area contributed by atoms with Gasteiger partial charge in [0.25, 0.3) is 5.56 Å². The molecule has 0 amide bonds. The van der Waals surface area contributed by atoms with Crippen molar-refractivity contribution >= 4 is 39.0 Å². The molecule has 0 aliphatic rings. The second-order valence-corrected chi connectivity index (χ2v) is 7.74. The van der Waals surface area contributed by atoms with Gasteiger partial charge in [-0.1, -0.05) is 22.9 Å². The van der Waals surface area contributed by atoms with Crippen LogP contribution in [0, 0.1) is 0 Å². The fraction of sp³-hybridized carbons (Fsp3) is 0.304. The highest BCUT2D eigenvalue weighted by Crippen LogP contribution is 2.29. The maximum Gasteiger partial charge on any atom is 0.346 e. The molecule has 0 unspecified atom stereocenters. The van der Waals surface area contributed by atoms with Gasteiger partial charge >= 0.3 is 5.97 Å². The topological polar surface area (TPSA) is 92.0 Å². The van der Waals surface area contributed by atoms with Gasteiger partial charge in [-0.05, 0) is 55.8 Å². The molecule has 0 N–H and O–H groups in total. The van der Waals surface area contributed by atoms with Crippen LogP contribution in [-0.4, -0.2) is 41.7 Å². The molecular weight excluding hydrogens is 478 g/mol. The maximum atomic E-state index is 13.0. The van der Waals surface area contributed by atoms with Crippen LogP contribution < -0.4 is 15.0 Å². The van der Waals surface area contributed by atoms with E-state index in [1.807, 2.05) is 19.9 Å². The van der Waals surface area contributed by atoms with Crippen LogP contribution in [0.4, 0.5) is 0 Å².